The van der Waals surface area contributed by atoms with Crippen LogP contribution in [-0.2, 0) is 9.59 Å². The van der Waals surface area contributed by atoms with E-state index in [0.717, 1.165) is 19.3 Å². The molecule has 0 aliphatic heterocycles. The number of hydrogen-bond donors (Lipinski definition) is 2. The summed E-state index contributed by atoms with van der Waals surface area (Å²) in [6.07, 6.45) is 4.50. The van der Waals surface area contributed by atoms with Crippen LogP contribution in [0.1, 0.15) is 46.5 Å². The molecule has 0 bridgehead atoms. The van der Waals surface area contributed by atoms with Crippen LogP contribution in [0.2, 0.25) is 0 Å². The first kappa shape index (κ1) is 14.0. The van der Waals surface area contributed by atoms with Gasteiger partial charge in [0.2, 0.25) is 0 Å². The quantitative estimate of drug-likeness (QED) is 0.734. The molecule has 0 radical (unpaired) electrons. The summed E-state index contributed by atoms with van der Waals surface area (Å²) in [5.41, 5.74) is 0. The van der Waals surface area contributed by atoms with Gasteiger partial charge in [-0.05, 0) is 24.7 Å². The Hall–Kier alpha value is -1.06. The van der Waals surface area contributed by atoms with Crippen molar-refractivity contribution in [3.8, 4) is 0 Å². The summed E-state index contributed by atoms with van der Waals surface area (Å²) in [7, 11) is 0. The maximum Gasteiger partial charge on any atom is 0.309 e. The van der Waals surface area contributed by atoms with Crippen molar-refractivity contribution in [2.24, 2.45) is 11.8 Å². The topological polar surface area (TPSA) is 58.2 Å². The zero-order valence-electron chi connectivity index (χ0n) is 11.1. The van der Waals surface area contributed by atoms with E-state index in [1.165, 1.54) is 6.42 Å². The molecule has 98 valence electrons. The molecule has 0 aromatic heterocycles. The fraction of sp³-hybridized carbons (Fsp3) is 0.846. The molecule has 1 rings (SSSR count). The summed E-state index contributed by atoms with van der Waals surface area (Å²) < 4.78 is 0. The van der Waals surface area contributed by atoms with Crippen molar-refractivity contribution in [1.29, 1.82) is 0 Å². The molecule has 1 fully saturated rings. The van der Waals surface area contributed by atoms with E-state index in [1.807, 2.05) is 13.8 Å². The van der Waals surface area contributed by atoms with Gasteiger partial charge in [0.05, 0.1) is 0 Å². The Morgan fingerprint density at radius 1 is 1.18 bits per heavy atom. The first-order valence-electron chi connectivity index (χ1n) is 6.59. The maximum absolute atomic E-state index is 11.6. The maximum atomic E-state index is 11.6. The standard InChI is InChI=1S/C13H24N2O2/c1-9(2)8-14-12(16)13(17)15-11-7-5-4-6-10(11)3/h9-11H,4-8H2,1-3H3,(H,14,16)(H,15,17)/t10-,11+/m1/s1. The first-order valence-corrected chi connectivity index (χ1v) is 6.59. The smallest absolute Gasteiger partial charge is 0.309 e. The molecular formula is C13H24N2O2. The van der Waals surface area contributed by atoms with Crippen LogP contribution in [0.4, 0.5) is 0 Å². The predicted molar refractivity (Wildman–Crippen MR) is 67.4 cm³/mol. The lowest BCUT2D eigenvalue weighted by Gasteiger charge is -2.29. The van der Waals surface area contributed by atoms with Crippen LogP contribution in [0.25, 0.3) is 0 Å². The molecule has 17 heavy (non-hydrogen) atoms. The van der Waals surface area contributed by atoms with Crippen LogP contribution in [0.5, 0.6) is 0 Å². The van der Waals surface area contributed by atoms with Gasteiger partial charge in [-0.25, -0.2) is 0 Å². The van der Waals surface area contributed by atoms with Gasteiger partial charge in [0.25, 0.3) is 0 Å². The molecule has 0 unspecified atom stereocenters. The highest BCUT2D eigenvalue weighted by molar-refractivity contribution is 6.35. The number of rotatable bonds is 3. The summed E-state index contributed by atoms with van der Waals surface area (Å²) in [5, 5.41) is 5.48. The Morgan fingerprint density at radius 2 is 1.82 bits per heavy atom. The molecule has 0 spiro atoms. The molecule has 4 heteroatoms. The van der Waals surface area contributed by atoms with Crippen molar-refractivity contribution in [2.75, 3.05) is 6.54 Å². The third kappa shape index (κ3) is 4.75. The molecule has 0 saturated heterocycles. The third-order valence-corrected chi connectivity index (χ3v) is 3.31. The van der Waals surface area contributed by atoms with Gasteiger partial charge in [-0.1, -0.05) is 33.6 Å². The number of amides is 2. The van der Waals surface area contributed by atoms with Crippen molar-refractivity contribution >= 4 is 11.8 Å². The van der Waals surface area contributed by atoms with Crippen LogP contribution in [0.15, 0.2) is 0 Å². The Labute approximate surface area is 104 Å². The highest BCUT2D eigenvalue weighted by Gasteiger charge is 2.25. The highest BCUT2D eigenvalue weighted by atomic mass is 16.2. The second-order valence-corrected chi connectivity index (χ2v) is 5.45. The minimum atomic E-state index is -0.503. The summed E-state index contributed by atoms with van der Waals surface area (Å²) in [4.78, 5) is 23.2. The fourth-order valence-electron chi connectivity index (χ4n) is 2.14. The van der Waals surface area contributed by atoms with E-state index in [1.54, 1.807) is 0 Å². The van der Waals surface area contributed by atoms with Crippen molar-refractivity contribution in [1.82, 2.24) is 10.6 Å². The third-order valence-electron chi connectivity index (χ3n) is 3.31. The van der Waals surface area contributed by atoms with Gasteiger partial charge >= 0.3 is 11.8 Å². The largest absolute Gasteiger partial charge is 0.348 e. The van der Waals surface area contributed by atoms with Gasteiger partial charge in [0, 0.05) is 12.6 Å². The van der Waals surface area contributed by atoms with Gasteiger partial charge < -0.3 is 10.6 Å². The van der Waals surface area contributed by atoms with Crippen molar-refractivity contribution in [2.45, 2.75) is 52.5 Å². The molecule has 1 aliphatic rings. The summed E-state index contributed by atoms with van der Waals surface area (Å²) in [6, 6.07) is 0.168. The van der Waals surface area contributed by atoms with Crippen LogP contribution in [0.3, 0.4) is 0 Å². The van der Waals surface area contributed by atoms with Crippen molar-refractivity contribution in [3.05, 3.63) is 0 Å². The Morgan fingerprint density at radius 3 is 2.41 bits per heavy atom. The van der Waals surface area contributed by atoms with E-state index in [4.69, 9.17) is 0 Å². The molecule has 0 heterocycles. The predicted octanol–water partition coefficient (Wildman–Crippen LogP) is 1.45. The average Bonchev–Trinajstić information content (AvgIpc) is 2.28. The first-order chi connectivity index (χ1) is 8.00. The highest BCUT2D eigenvalue weighted by Crippen LogP contribution is 2.23. The molecule has 4 nitrogen and oxygen atoms in total. The number of nitrogens with one attached hydrogen (secondary N) is 2. The minimum Gasteiger partial charge on any atom is -0.348 e. The summed E-state index contributed by atoms with van der Waals surface area (Å²) in [5.74, 6) is -0.146. The number of hydrogen-bond acceptors (Lipinski definition) is 2. The number of carbonyl (C=O) groups is 2. The van der Waals surface area contributed by atoms with Gasteiger partial charge in [0.15, 0.2) is 0 Å². The van der Waals surface area contributed by atoms with E-state index in [-0.39, 0.29) is 6.04 Å². The second-order valence-electron chi connectivity index (χ2n) is 5.45. The van der Waals surface area contributed by atoms with Crippen LogP contribution >= 0.6 is 0 Å². The van der Waals surface area contributed by atoms with Crippen LogP contribution in [0, 0.1) is 11.8 Å². The zero-order valence-corrected chi connectivity index (χ0v) is 11.1. The van der Waals surface area contributed by atoms with E-state index in [0.29, 0.717) is 18.4 Å². The second kappa shape index (κ2) is 6.62. The van der Waals surface area contributed by atoms with Gasteiger partial charge in [-0.15, -0.1) is 0 Å². The Balaban J connectivity index is 2.34. The molecule has 0 aromatic carbocycles. The summed E-state index contributed by atoms with van der Waals surface area (Å²) in [6.45, 7) is 6.69. The van der Waals surface area contributed by atoms with E-state index in [2.05, 4.69) is 17.6 Å². The van der Waals surface area contributed by atoms with E-state index >= 15 is 0 Å². The molecule has 1 aliphatic carbocycles. The molecule has 2 amide bonds. The van der Waals surface area contributed by atoms with Gasteiger partial charge in [-0.3, -0.25) is 9.59 Å². The lowest BCUT2D eigenvalue weighted by Crippen LogP contribution is -2.48. The molecule has 2 atom stereocenters. The van der Waals surface area contributed by atoms with E-state index < -0.39 is 11.8 Å². The molecule has 0 aromatic rings. The lowest BCUT2D eigenvalue weighted by molar-refractivity contribution is -0.140. The Kier molecular flexibility index (Phi) is 5.45. The van der Waals surface area contributed by atoms with Crippen LogP contribution in [-0.4, -0.2) is 24.4 Å². The molecular weight excluding hydrogens is 216 g/mol. The van der Waals surface area contributed by atoms with Crippen LogP contribution < -0.4 is 10.6 Å². The van der Waals surface area contributed by atoms with Gasteiger partial charge in [-0.2, -0.15) is 0 Å². The summed E-state index contributed by atoms with van der Waals surface area (Å²) >= 11 is 0. The molecule has 2 N–H and O–H groups in total. The molecule has 1 saturated carbocycles. The lowest BCUT2D eigenvalue weighted by atomic mass is 9.86. The van der Waals surface area contributed by atoms with Crippen molar-refractivity contribution in [3.63, 3.8) is 0 Å². The van der Waals surface area contributed by atoms with Gasteiger partial charge in [0.1, 0.15) is 0 Å². The normalized spacial score (nSPS) is 24.5. The minimum absolute atomic E-state index is 0.168. The number of carbonyl (C=O) groups excluding carboxylic acids is 2. The van der Waals surface area contributed by atoms with Crippen molar-refractivity contribution < 1.29 is 9.59 Å². The fourth-order valence-corrected chi connectivity index (χ4v) is 2.14. The SMILES string of the molecule is CC(C)CNC(=O)C(=O)N[C@H]1CCCC[C@H]1C. The van der Waals surface area contributed by atoms with E-state index in [9.17, 15) is 9.59 Å². The zero-order chi connectivity index (χ0) is 12.8. The average molecular weight is 240 g/mol. The Bertz CT molecular complexity index is 277. The monoisotopic (exact) mass is 240 g/mol.